The van der Waals surface area contributed by atoms with Crippen LogP contribution in [0, 0.1) is 0 Å². The van der Waals surface area contributed by atoms with Crippen molar-refractivity contribution in [2.24, 2.45) is 0 Å². The van der Waals surface area contributed by atoms with E-state index in [9.17, 15) is 18.6 Å². The van der Waals surface area contributed by atoms with E-state index in [1.165, 1.54) is 21.7 Å². The molecule has 0 unspecified atom stereocenters. The Morgan fingerprint density at radius 3 is 2.64 bits per heavy atom. The van der Waals surface area contributed by atoms with E-state index in [-0.39, 0.29) is 18.0 Å². The maximum atomic E-state index is 12.8. The third-order valence-corrected chi connectivity index (χ3v) is 6.77. The highest BCUT2D eigenvalue weighted by Crippen LogP contribution is 2.38. The van der Waals surface area contributed by atoms with Gasteiger partial charge in [0.15, 0.2) is 0 Å². The molecule has 1 aromatic carbocycles. The van der Waals surface area contributed by atoms with Crippen LogP contribution in [-0.2, 0) is 16.4 Å². The first-order chi connectivity index (χ1) is 10.6. The minimum absolute atomic E-state index is 0.0240. The third kappa shape index (κ3) is 2.59. The van der Waals surface area contributed by atoms with Gasteiger partial charge < -0.3 is 10.2 Å². The standard InChI is InChI=1S/C15H17NO4S2/c17-8-7-16-13(10-11-4-3-9-21-11)15(18)12-5-1-2-6-14(12)22(16,19)20/h1-6,9,13,15,17-18H,7-8,10H2/t13-,15-/m1/s1. The molecule has 0 amide bonds. The third-order valence-electron chi connectivity index (χ3n) is 3.87. The number of nitrogens with zero attached hydrogens (tertiary/aromatic N) is 1. The Balaban J connectivity index is 2.08. The highest BCUT2D eigenvalue weighted by Gasteiger charge is 2.43. The van der Waals surface area contributed by atoms with Crippen molar-refractivity contribution in [3.8, 4) is 0 Å². The number of aliphatic hydroxyl groups is 2. The van der Waals surface area contributed by atoms with Crippen LogP contribution in [-0.4, -0.2) is 42.1 Å². The summed E-state index contributed by atoms with van der Waals surface area (Å²) in [5, 5.41) is 21.8. The van der Waals surface area contributed by atoms with Gasteiger partial charge in [0.2, 0.25) is 10.0 Å². The van der Waals surface area contributed by atoms with E-state index in [1.807, 2.05) is 17.5 Å². The van der Waals surface area contributed by atoms with E-state index < -0.39 is 22.2 Å². The first-order valence-corrected chi connectivity index (χ1v) is 9.29. The zero-order chi connectivity index (χ0) is 15.7. The van der Waals surface area contributed by atoms with Gasteiger partial charge in [-0.05, 0) is 17.5 Å². The summed E-state index contributed by atoms with van der Waals surface area (Å²) < 4.78 is 26.8. The fourth-order valence-electron chi connectivity index (χ4n) is 2.86. The van der Waals surface area contributed by atoms with E-state index in [0.29, 0.717) is 12.0 Å². The first kappa shape index (κ1) is 15.6. The molecule has 0 aliphatic carbocycles. The number of fused-ring (bicyclic) bond motifs is 1. The van der Waals surface area contributed by atoms with Crippen LogP contribution in [0.25, 0.3) is 0 Å². The summed E-state index contributed by atoms with van der Waals surface area (Å²) in [6.45, 7) is -0.307. The Morgan fingerprint density at radius 2 is 1.95 bits per heavy atom. The molecule has 22 heavy (non-hydrogen) atoms. The van der Waals surface area contributed by atoms with Crippen LogP contribution in [0.5, 0.6) is 0 Å². The Kier molecular flexibility index (Phi) is 4.33. The summed E-state index contributed by atoms with van der Waals surface area (Å²) in [4.78, 5) is 1.12. The Hall–Kier alpha value is -1.25. The molecular formula is C15H17NO4S2. The molecule has 5 nitrogen and oxygen atoms in total. The maximum absolute atomic E-state index is 12.8. The molecule has 2 aromatic rings. The molecule has 2 atom stereocenters. The molecule has 1 aliphatic heterocycles. The number of aliphatic hydroxyl groups excluding tert-OH is 2. The van der Waals surface area contributed by atoms with E-state index in [4.69, 9.17) is 0 Å². The maximum Gasteiger partial charge on any atom is 0.243 e. The normalized spacial score (nSPS) is 24.1. The summed E-state index contributed by atoms with van der Waals surface area (Å²) >= 11 is 1.53. The summed E-state index contributed by atoms with van der Waals surface area (Å²) in [5.41, 5.74) is 0.429. The Labute approximate surface area is 133 Å². The lowest BCUT2D eigenvalue weighted by atomic mass is 9.98. The lowest BCUT2D eigenvalue weighted by Crippen LogP contribution is -2.49. The molecule has 0 saturated heterocycles. The molecule has 3 rings (SSSR count). The second-order valence-electron chi connectivity index (χ2n) is 5.17. The lowest BCUT2D eigenvalue weighted by molar-refractivity contribution is 0.0729. The van der Waals surface area contributed by atoms with Crippen LogP contribution in [0.4, 0.5) is 0 Å². The van der Waals surface area contributed by atoms with Gasteiger partial charge in [0.25, 0.3) is 0 Å². The van der Waals surface area contributed by atoms with Crippen molar-refractivity contribution < 1.29 is 18.6 Å². The van der Waals surface area contributed by atoms with Gasteiger partial charge in [0.1, 0.15) is 0 Å². The van der Waals surface area contributed by atoms with E-state index >= 15 is 0 Å². The van der Waals surface area contributed by atoms with Crippen LogP contribution < -0.4 is 0 Å². The molecule has 1 aliphatic rings. The quantitative estimate of drug-likeness (QED) is 0.882. The highest BCUT2D eigenvalue weighted by molar-refractivity contribution is 7.89. The number of β-amino-alcohol motifs (C(OH)–C–C–N with tert-alkyl or cyclic N) is 1. The van der Waals surface area contributed by atoms with E-state index in [1.54, 1.807) is 18.2 Å². The first-order valence-electron chi connectivity index (χ1n) is 6.98. The second-order valence-corrected chi connectivity index (χ2v) is 8.06. The molecule has 1 aromatic heterocycles. The lowest BCUT2D eigenvalue weighted by Gasteiger charge is -2.38. The Morgan fingerprint density at radius 1 is 1.18 bits per heavy atom. The largest absolute Gasteiger partial charge is 0.395 e. The van der Waals surface area contributed by atoms with Crippen molar-refractivity contribution in [3.05, 3.63) is 52.2 Å². The molecule has 7 heteroatoms. The van der Waals surface area contributed by atoms with Crippen molar-refractivity contribution in [2.75, 3.05) is 13.2 Å². The average molecular weight is 339 g/mol. The SMILES string of the molecule is O=S1(=O)c2ccccc2[C@@H](O)[C@@H](Cc2cccs2)N1CCO. The number of sulfonamides is 1. The van der Waals surface area contributed by atoms with Gasteiger partial charge in [-0.15, -0.1) is 11.3 Å². The summed E-state index contributed by atoms with van der Waals surface area (Å²) in [6.07, 6.45) is -0.486. The number of hydrogen-bond acceptors (Lipinski definition) is 5. The minimum atomic E-state index is -3.71. The molecule has 0 radical (unpaired) electrons. The van der Waals surface area contributed by atoms with E-state index in [0.717, 1.165) is 4.88 Å². The number of hydrogen-bond donors (Lipinski definition) is 2. The van der Waals surface area contributed by atoms with Crippen LogP contribution in [0.3, 0.4) is 0 Å². The number of benzene rings is 1. The smallest absolute Gasteiger partial charge is 0.243 e. The molecule has 2 heterocycles. The monoisotopic (exact) mass is 339 g/mol. The van der Waals surface area contributed by atoms with Crippen molar-refractivity contribution in [1.82, 2.24) is 4.31 Å². The van der Waals surface area contributed by atoms with Gasteiger partial charge in [-0.1, -0.05) is 24.3 Å². The van der Waals surface area contributed by atoms with Crippen molar-refractivity contribution >= 4 is 21.4 Å². The predicted molar refractivity (Wildman–Crippen MR) is 84.2 cm³/mol. The van der Waals surface area contributed by atoms with Crippen molar-refractivity contribution in [1.29, 1.82) is 0 Å². The van der Waals surface area contributed by atoms with Crippen LogP contribution in [0.15, 0.2) is 46.7 Å². The van der Waals surface area contributed by atoms with Gasteiger partial charge in [-0.25, -0.2) is 8.42 Å². The summed E-state index contributed by atoms with van der Waals surface area (Å²) in [5.74, 6) is 0. The average Bonchev–Trinajstić information content (AvgIpc) is 3.02. The van der Waals surface area contributed by atoms with Gasteiger partial charge >= 0.3 is 0 Å². The van der Waals surface area contributed by atoms with Gasteiger partial charge in [0.05, 0.1) is 23.6 Å². The minimum Gasteiger partial charge on any atom is -0.395 e. The molecule has 2 N–H and O–H groups in total. The molecule has 0 saturated carbocycles. The number of rotatable bonds is 4. The summed E-state index contributed by atoms with van der Waals surface area (Å²) in [7, 11) is -3.71. The number of thiophene rings is 1. The fraction of sp³-hybridized carbons (Fsp3) is 0.333. The van der Waals surface area contributed by atoms with Gasteiger partial charge in [-0.2, -0.15) is 4.31 Å². The van der Waals surface area contributed by atoms with E-state index in [2.05, 4.69) is 0 Å². The predicted octanol–water partition coefficient (Wildman–Crippen LogP) is 1.39. The van der Waals surface area contributed by atoms with Crippen molar-refractivity contribution in [2.45, 2.75) is 23.5 Å². The fourth-order valence-corrected chi connectivity index (χ4v) is 5.48. The molecule has 0 fully saturated rings. The van der Waals surface area contributed by atoms with Crippen LogP contribution in [0.2, 0.25) is 0 Å². The second kappa shape index (κ2) is 6.10. The van der Waals surface area contributed by atoms with Gasteiger partial charge in [-0.3, -0.25) is 0 Å². The topological polar surface area (TPSA) is 77.8 Å². The van der Waals surface area contributed by atoms with Gasteiger partial charge in [0, 0.05) is 23.4 Å². The highest BCUT2D eigenvalue weighted by atomic mass is 32.2. The van der Waals surface area contributed by atoms with Crippen LogP contribution in [0.1, 0.15) is 16.5 Å². The molecule has 118 valence electrons. The molecular weight excluding hydrogens is 322 g/mol. The Bertz CT molecular complexity index is 743. The zero-order valence-corrected chi connectivity index (χ0v) is 13.4. The van der Waals surface area contributed by atoms with Crippen molar-refractivity contribution in [3.63, 3.8) is 0 Å². The van der Waals surface area contributed by atoms with Crippen LogP contribution >= 0.6 is 11.3 Å². The molecule has 0 spiro atoms. The molecule has 0 bridgehead atoms. The summed E-state index contributed by atoms with van der Waals surface area (Å²) in [6, 6.07) is 9.72. The zero-order valence-electron chi connectivity index (χ0n) is 11.8.